The Bertz CT molecular complexity index is 859. The fraction of sp³-hybridized carbons (Fsp3) is 0.654. The highest BCUT2D eigenvalue weighted by Gasteiger charge is 2.37. The topological polar surface area (TPSA) is 87.7 Å². The van der Waals surface area contributed by atoms with E-state index in [1.165, 1.54) is 0 Å². The summed E-state index contributed by atoms with van der Waals surface area (Å²) < 4.78 is 5.34. The molecule has 2 N–H and O–H groups in total. The number of hydrogen-bond acceptors (Lipinski definition) is 5. The minimum Gasteiger partial charge on any atom is -0.444 e. The van der Waals surface area contributed by atoms with Crippen molar-refractivity contribution in [2.24, 2.45) is 0 Å². The lowest BCUT2D eigenvalue weighted by atomic mass is 9.95. The molecule has 0 aliphatic heterocycles. The van der Waals surface area contributed by atoms with Gasteiger partial charge < -0.3 is 20.3 Å². The van der Waals surface area contributed by atoms with Crippen molar-refractivity contribution < 1.29 is 19.1 Å². The molecule has 3 amide bonds. The zero-order valence-corrected chi connectivity index (χ0v) is 23.1. The van der Waals surface area contributed by atoms with E-state index in [0.29, 0.717) is 13.0 Å². The van der Waals surface area contributed by atoms with Crippen LogP contribution in [-0.4, -0.2) is 52.3 Å². The summed E-state index contributed by atoms with van der Waals surface area (Å²) in [5.41, 5.74) is 1.57. The molecule has 1 aromatic carbocycles. The number of ether oxygens (including phenoxy) is 1. The van der Waals surface area contributed by atoms with Crippen LogP contribution in [0.1, 0.15) is 84.0 Å². The van der Waals surface area contributed by atoms with Crippen molar-refractivity contribution in [1.82, 2.24) is 15.5 Å². The summed E-state index contributed by atoms with van der Waals surface area (Å²) in [4.78, 5) is 41.3. The molecule has 7 nitrogen and oxygen atoms in total. The first-order valence-electron chi connectivity index (χ1n) is 11.9. The van der Waals surface area contributed by atoms with Crippen molar-refractivity contribution in [3.05, 3.63) is 34.9 Å². The number of hydrogen-bond donors (Lipinski definition) is 3. The molecular weight excluding hydrogens is 450 g/mol. The Morgan fingerprint density at radius 2 is 1.71 bits per heavy atom. The molecule has 0 radical (unpaired) electrons. The van der Waals surface area contributed by atoms with Crippen LogP contribution < -0.4 is 10.6 Å². The third kappa shape index (κ3) is 9.57. The maximum atomic E-state index is 13.8. The largest absolute Gasteiger partial charge is 0.444 e. The highest BCUT2D eigenvalue weighted by molar-refractivity contribution is 7.80. The van der Waals surface area contributed by atoms with Crippen LogP contribution in [-0.2, 0) is 14.3 Å². The Morgan fingerprint density at radius 1 is 1.09 bits per heavy atom. The molecule has 0 aliphatic carbocycles. The number of amides is 3. The molecule has 8 heteroatoms. The van der Waals surface area contributed by atoms with Crippen molar-refractivity contribution in [3.63, 3.8) is 0 Å². The summed E-state index contributed by atoms with van der Waals surface area (Å²) in [7, 11) is 0. The van der Waals surface area contributed by atoms with Gasteiger partial charge in [0, 0.05) is 17.8 Å². The molecule has 1 aromatic rings. The fourth-order valence-corrected chi connectivity index (χ4v) is 3.80. The molecule has 0 fully saturated rings. The zero-order valence-electron chi connectivity index (χ0n) is 22.2. The number of nitrogens with one attached hydrogen (secondary N) is 2. The monoisotopic (exact) mass is 493 g/mol. The Kier molecular flexibility index (Phi) is 10.9. The summed E-state index contributed by atoms with van der Waals surface area (Å²) in [6, 6.07) is 4.06. The van der Waals surface area contributed by atoms with Gasteiger partial charge in [0.15, 0.2) is 0 Å². The van der Waals surface area contributed by atoms with Crippen LogP contribution in [0.4, 0.5) is 4.79 Å². The van der Waals surface area contributed by atoms with Gasteiger partial charge in [0.1, 0.15) is 17.7 Å². The van der Waals surface area contributed by atoms with E-state index in [1.54, 1.807) is 25.7 Å². The standard InChI is InChI=1S/C26H43N3O4S/c1-10-11-14-29(23(31)20(16-34)27-24(32)33-26(7,8)9)21(22(30)28-25(4,5)6)19-13-12-17(2)15-18(19)3/h12-13,15,20-21,34H,10-11,14,16H2,1-9H3,(H,27,32)(H,28,30). The lowest BCUT2D eigenvalue weighted by Crippen LogP contribution is -2.55. The number of thiol groups is 1. The number of rotatable bonds is 9. The van der Waals surface area contributed by atoms with Crippen LogP contribution >= 0.6 is 12.6 Å². The number of unbranched alkanes of at least 4 members (excludes halogenated alkanes) is 1. The quantitative estimate of drug-likeness (QED) is 0.435. The van der Waals surface area contributed by atoms with Gasteiger partial charge in [-0.15, -0.1) is 0 Å². The number of alkyl carbamates (subject to hydrolysis) is 1. The van der Waals surface area contributed by atoms with E-state index >= 15 is 0 Å². The van der Waals surface area contributed by atoms with Gasteiger partial charge in [-0.3, -0.25) is 9.59 Å². The van der Waals surface area contributed by atoms with Crippen LogP contribution in [0, 0.1) is 13.8 Å². The SMILES string of the molecule is CCCCN(C(=O)C(CS)NC(=O)OC(C)(C)C)C(C(=O)NC(C)(C)C)c1ccc(C)cc1C. The summed E-state index contributed by atoms with van der Waals surface area (Å²) in [6.07, 6.45) is 0.856. The Balaban J connectivity index is 3.47. The second-order valence-corrected chi connectivity index (χ2v) is 11.1. The fourth-order valence-electron chi connectivity index (χ4n) is 3.55. The first kappa shape index (κ1) is 29.8. The van der Waals surface area contributed by atoms with Crippen LogP contribution in [0.3, 0.4) is 0 Å². The van der Waals surface area contributed by atoms with E-state index in [2.05, 4.69) is 23.3 Å². The van der Waals surface area contributed by atoms with Gasteiger partial charge in [-0.2, -0.15) is 12.6 Å². The molecule has 0 saturated carbocycles. The van der Waals surface area contributed by atoms with Gasteiger partial charge >= 0.3 is 6.09 Å². The Labute approximate surface area is 210 Å². The molecule has 0 saturated heterocycles. The van der Waals surface area contributed by atoms with Gasteiger partial charge in [0.05, 0.1) is 0 Å². The molecule has 0 bridgehead atoms. The van der Waals surface area contributed by atoms with Gasteiger partial charge in [-0.05, 0) is 72.9 Å². The molecule has 0 aliphatic rings. The van der Waals surface area contributed by atoms with Crippen molar-refractivity contribution in [1.29, 1.82) is 0 Å². The highest BCUT2D eigenvalue weighted by atomic mass is 32.1. The second-order valence-electron chi connectivity index (χ2n) is 10.8. The van der Waals surface area contributed by atoms with Crippen molar-refractivity contribution >= 4 is 30.5 Å². The maximum absolute atomic E-state index is 13.8. The Morgan fingerprint density at radius 3 is 2.18 bits per heavy atom. The molecule has 0 spiro atoms. The maximum Gasteiger partial charge on any atom is 0.408 e. The Hall–Kier alpha value is -2.22. The predicted octanol–water partition coefficient (Wildman–Crippen LogP) is 4.71. The predicted molar refractivity (Wildman–Crippen MR) is 140 cm³/mol. The van der Waals surface area contributed by atoms with E-state index < -0.39 is 29.3 Å². The number of aryl methyl sites for hydroxylation is 2. The number of nitrogens with zero attached hydrogens (tertiary/aromatic N) is 1. The summed E-state index contributed by atoms with van der Waals surface area (Å²) in [6.45, 7) is 17.3. The van der Waals surface area contributed by atoms with Gasteiger partial charge in [-0.25, -0.2) is 4.79 Å². The normalized spacial score (nSPS) is 13.6. The minimum atomic E-state index is -0.939. The summed E-state index contributed by atoms with van der Waals surface area (Å²) in [5.74, 6) is -0.566. The smallest absolute Gasteiger partial charge is 0.408 e. The number of benzene rings is 1. The van der Waals surface area contributed by atoms with Gasteiger partial charge in [-0.1, -0.05) is 37.1 Å². The first-order valence-corrected chi connectivity index (χ1v) is 12.5. The van der Waals surface area contributed by atoms with Gasteiger partial charge in [0.25, 0.3) is 0 Å². The van der Waals surface area contributed by atoms with Gasteiger partial charge in [0.2, 0.25) is 11.8 Å². The molecule has 2 atom stereocenters. The molecule has 0 aromatic heterocycles. The lowest BCUT2D eigenvalue weighted by molar-refractivity contribution is -0.142. The first-order chi connectivity index (χ1) is 15.6. The second kappa shape index (κ2) is 12.5. The van der Waals surface area contributed by atoms with Crippen LogP contribution in [0.5, 0.6) is 0 Å². The molecule has 192 valence electrons. The van der Waals surface area contributed by atoms with Crippen LogP contribution in [0.15, 0.2) is 18.2 Å². The average Bonchev–Trinajstić information content (AvgIpc) is 2.67. The molecule has 1 rings (SSSR count). The third-order valence-corrected chi connectivity index (χ3v) is 5.35. The van der Waals surface area contributed by atoms with Crippen LogP contribution in [0.25, 0.3) is 0 Å². The van der Waals surface area contributed by atoms with E-state index in [9.17, 15) is 14.4 Å². The average molecular weight is 494 g/mol. The van der Waals surface area contributed by atoms with E-state index in [4.69, 9.17) is 4.74 Å². The third-order valence-electron chi connectivity index (χ3n) is 4.99. The van der Waals surface area contributed by atoms with Crippen molar-refractivity contribution in [3.8, 4) is 0 Å². The molecular formula is C26H43N3O4S. The van der Waals surface area contributed by atoms with Crippen molar-refractivity contribution in [2.45, 2.75) is 98.4 Å². The van der Waals surface area contributed by atoms with E-state index in [-0.39, 0.29) is 17.6 Å². The minimum absolute atomic E-state index is 0.0706. The molecule has 34 heavy (non-hydrogen) atoms. The lowest BCUT2D eigenvalue weighted by Gasteiger charge is -2.36. The molecule has 0 heterocycles. The van der Waals surface area contributed by atoms with E-state index in [0.717, 1.165) is 23.1 Å². The highest BCUT2D eigenvalue weighted by Crippen LogP contribution is 2.27. The zero-order chi connectivity index (χ0) is 26.3. The number of carbonyl (C=O) groups excluding carboxylic acids is 3. The number of carbonyl (C=O) groups is 3. The van der Waals surface area contributed by atoms with Crippen LogP contribution in [0.2, 0.25) is 0 Å². The summed E-state index contributed by atoms with van der Waals surface area (Å²) >= 11 is 4.32. The van der Waals surface area contributed by atoms with Crippen molar-refractivity contribution in [2.75, 3.05) is 12.3 Å². The van der Waals surface area contributed by atoms with E-state index in [1.807, 2.05) is 59.7 Å². The molecule has 2 unspecified atom stereocenters. The summed E-state index contributed by atoms with van der Waals surface area (Å²) in [5, 5.41) is 5.67.